The molecule has 0 bridgehead atoms. The quantitative estimate of drug-likeness (QED) is 0.690. The third kappa shape index (κ3) is 1.84. The smallest absolute Gasteiger partial charge is 0.265 e. The van der Waals surface area contributed by atoms with Crippen molar-refractivity contribution in [3.63, 3.8) is 0 Å². The second-order valence-electron chi connectivity index (χ2n) is 4.52. The molecule has 3 aromatic rings. The molecule has 0 aliphatic heterocycles. The number of rotatable bonds is 1. The zero-order valence-electron chi connectivity index (χ0n) is 10.8. The van der Waals surface area contributed by atoms with E-state index >= 15 is 0 Å². The second kappa shape index (κ2) is 4.45. The van der Waals surface area contributed by atoms with Crippen LogP contribution in [0.2, 0.25) is 0 Å². The van der Waals surface area contributed by atoms with Gasteiger partial charge in [0.25, 0.3) is 5.56 Å². The number of nitrogens with two attached hydrogens (primary N) is 1. The number of halogens is 1. The lowest BCUT2D eigenvalue weighted by Crippen LogP contribution is -2.22. The lowest BCUT2D eigenvalue weighted by Gasteiger charge is -2.11. The SMILES string of the molecule is Cc1nc2ccccc2c(=O)n1-c1ccc(N)c(F)c1. The van der Waals surface area contributed by atoms with Crippen LogP contribution in [0.15, 0.2) is 47.3 Å². The van der Waals surface area contributed by atoms with Crippen LogP contribution in [0, 0.1) is 12.7 Å². The summed E-state index contributed by atoms with van der Waals surface area (Å²) >= 11 is 0. The molecule has 2 N–H and O–H groups in total. The molecule has 0 aliphatic rings. The Balaban J connectivity index is 2.36. The number of aryl methyl sites for hydroxylation is 1. The highest BCUT2D eigenvalue weighted by Crippen LogP contribution is 2.17. The van der Waals surface area contributed by atoms with E-state index < -0.39 is 5.82 Å². The maximum atomic E-state index is 13.6. The van der Waals surface area contributed by atoms with Gasteiger partial charge in [-0.25, -0.2) is 9.37 Å². The zero-order chi connectivity index (χ0) is 14.3. The van der Waals surface area contributed by atoms with E-state index in [2.05, 4.69) is 4.98 Å². The highest BCUT2D eigenvalue weighted by atomic mass is 19.1. The maximum absolute atomic E-state index is 13.6. The van der Waals surface area contributed by atoms with Crippen LogP contribution in [0.1, 0.15) is 5.82 Å². The van der Waals surface area contributed by atoms with Gasteiger partial charge >= 0.3 is 0 Å². The molecule has 20 heavy (non-hydrogen) atoms. The number of aromatic nitrogens is 2. The zero-order valence-corrected chi connectivity index (χ0v) is 10.8. The minimum absolute atomic E-state index is 0.0493. The van der Waals surface area contributed by atoms with Gasteiger partial charge in [-0.3, -0.25) is 9.36 Å². The third-order valence-electron chi connectivity index (χ3n) is 3.19. The van der Waals surface area contributed by atoms with Gasteiger partial charge < -0.3 is 5.73 Å². The molecule has 0 spiro atoms. The first kappa shape index (κ1) is 12.3. The lowest BCUT2D eigenvalue weighted by molar-refractivity contribution is 0.630. The van der Waals surface area contributed by atoms with E-state index in [0.717, 1.165) is 0 Å². The number of para-hydroxylation sites is 1. The Kier molecular flexibility index (Phi) is 2.75. The molecule has 3 rings (SSSR count). The topological polar surface area (TPSA) is 60.9 Å². The summed E-state index contributed by atoms with van der Waals surface area (Å²) in [6, 6.07) is 11.3. The van der Waals surface area contributed by atoms with Crippen molar-refractivity contribution < 1.29 is 4.39 Å². The number of hydrogen-bond donors (Lipinski definition) is 1. The highest BCUT2D eigenvalue weighted by Gasteiger charge is 2.10. The predicted octanol–water partition coefficient (Wildman–Crippen LogP) is 2.42. The van der Waals surface area contributed by atoms with E-state index in [1.54, 1.807) is 31.2 Å². The van der Waals surface area contributed by atoms with Gasteiger partial charge in [-0.2, -0.15) is 0 Å². The second-order valence-corrected chi connectivity index (χ2v) is 4.52. The van der Waals surface area contributed by atoms with Gasteiger partial charge in [-0.05, 0) is 31.2 Å². The lowest BCUT2D eigenvalue weighted by atomic mass is 10.2. The van der Waals surface area contributed by atoms with E-state index in [1.807, 2.05) is 6.07 Å². The van der Waals surface area contributed by atoms with Gasteiger partial charge in [-0.1, -0.05) is 12.1 Å². The molecule has 0 unspecified atom stereocenters. The van der Waals surface area contributed by atoms with Crippen LogP contribution in [-0.4, -0.2) is 9.55 Å². The summed E-state index contributed by atoms with van der Waals surface area (Å²) in [7, 11) is 0. The first-order valence-electron chi connectivity index (χ1n) is 6.12. The van der Waals surface area contributed by atoms with Crippen molar-refractivity contribution in [2.24, 2.45) is 0 Å². The number of anilines is 1. The first-order chi connectivity index (χ1) is 9.58. The number of benzene rings is 2. The molecule has 0 saturated carbocycles. The van der Waals surface area contributed by atoms with Crippen LogP contribution in [-0.2, 0) is 0 Å². The van der Waals surface area contributed by atoms with Crippen molar-refractivity contribution in [3.05, 3.63) is 64.5 Å². The average molecular weight is 269 g/mol. The fourth-order valence-electron chi connectivity index (χ4n) is 2.20. The predicted molar refractivity (Wildman–Crippen MR) is 76.4 cm³/mol. The number of nitrogen functional groups attached to an aromatic ring is 1. The van der Waals surface area contributed by atoms with Gasteiger partial charge in [0.1, 0.15) is 11.6 Å². The molecule has 1 heterocycles. The average Bonchev–Trinajstić information content (AvgIpc) is 2.43. The van der Waals surface area contributed by atoms with Gasteiger partial charge in [0.2, 0.25) is 0 Å². The van der Waals surface area contributed by atoms with Crippen molar-refractivity contribution in [1.29, 1.82) is 0 Å². The largest absolute Gasteiger partial charge is 0.396 e. The summed E-state index contributed by atoms with van der Waals surface area (Å²) in [4.78, 5) is 16.9. The fraction of sp³-hybridized carbons (Fsp3) is 0.0667. The molecular formula is C15H12FN3O. The Morgan fingerprint density at radius 2 is 1.95 bits per heavy atom. The summed E-state index contributed by atoms with van der Waals surface area (Å²) in [5.74, 6) is -0.0557. The number of nitrogens with zero attached hydrogens (tertiary/aromatic N) is 2. The van der Waals surface area contributed by atoms with Crippen LogP contribution >= 0.6 is 0 Å². The first-order valence-corrected chi connectivity index (χ1v) is 6.12. The van der Waals surface area contributed by atoms with Crippen molar-refractivity contribution in [3.8, 4) is 5.69 Å². The molecule has 5 heteroatoms. The van der Waals surface area contributed by atoms with Crippen LogP contribution in [0.4, 0.5) is 10.1 Å². The van der Waals surface area contributed by atoms with E-state index in [0.29, 0.717) is 22.4 Å². The highest BCUT2D eigenvalue weighted by molar-refractivity contribution is 5.77. The van der Waals surface area contributed by atoms with Crippen LogP contribution in [0.3, 0.4) is 0 Å². The molecule has 0 radical (unpaired) electrons. The van der Waals surface area contributed by atoms with E-state index in [1.165, 1.54) is 16.7 Å². The molecule has 0 aliphatic carbocycles. The molecule has 1 aromatic heterocycles. The van der Waals surface area contributed by atoms with Crippen LogP contribution < -0.4 is 11.3 Å². The minimum atomic E-state index is -0.554. The standard InChI is InChI=1S/C15H12FN3O/c1-9-18-14-5-3-2-4-11(14)15(20)19(9)10-6-7-13(17)12(16)8-10/h2-8H,17H2,1H3. The van der Waals surface area contributed by atoms with Crippen molar-refractivity contribution >= 4 is 16.6 Å². The van der Waals surface area contributed by atoms with Crippen molar-refractivity contribution in [1.82, 2.24) is 9.55 Å². The third-order valence-corrected chi connectivity index (χ3v) is 3.19. The molecule has 2 aromatic carbocycles. The van der Waals surface area contributed by atoms with Gasteiger partial charge in [-0.15, -0.1) is 0 Å². The Hall–Kier alpha value is -2.69. The van der Waals surface area contributed by atoms with Gasteiger partial charge in [0.05, 0.1) is 22.3 Å². The Labute approximate surface area is 114 Å². The maximum Gasteiger partial charge on any atom is 0.265 e. The normalized spacial score (nSPS) is 10.9. The van der Waals surface area contributed by atoms with E-state index in [-0.39, 0.29) is 11.2 Å². The van der Waals surface area contributed by atoms with Crippen molar-refractivity contribution in [2.45, 2.75) is 6.92 Å². The number of fused-ring (bicyclic) bond motifs is 1. The number of hydrogen-bond acceptors (Lipinski definition) is 3. The summed E-state index contributed by atoms with van der Waals surface area (Å²) < 4.78 is 15.0. The summed E-state index contributed by atoms with van der Waals surface area (Å²) in [5.41, 5.74) is 6.32. The molecule has 4 nitrogen and oxygen atoms in total. The summed E-state index contributed by atoms with van der Waals surface area (Å²) in [6.07, 6.45) is 0. The van der Waals surface area contributed by atoms with E-state index in [4.69, 9.17) is 5.73 Å². The van der Waals surface area contributed by atoms with Crippen LogP contribution in [0.25, 0.3) is 16.6 Å². The molecule has 0 saturated heterocycles. The molecule has 0 fully saturated rings. The Morgan fingerprint density at radius 3 is 2.70 bits per heavy atom. The minimum Gasteiger partial charge on any atom is -0.396 e. The summed E-state index contributed by atoms with van der Waals surface area (Å²) in [5, 5.41) is 0.496. The molecule has 0 amide bonds. The van der Waals surface area contributed by atoms with Crippen molar-refractivity contribution in [2.75, 3.05) is 5.73 Å². The van der Waals surface area contributed by atoms with Crippen LogP contribution in [0.5, 0.6) is 0 Å². The monoisotopic (exact) mass is 269 g/mol. The molecule has 100 valence electrons. The summed E-state index contributed by atoms with van der Waals surface area (Å²) in [6.45, 7) is 1.71. The van der Waals surface area contributed by atoms with E-state index in [9.17, 15) is 9.18 Å². The Bertz CT molecular complexity index is 871. The Morgan fingerprint density at radius 1 is 1.20 bits per heavy atom. The van der Waals surface area contributed by atoms with Gasteiger partial charge in [0, 0.05) is 6.07 Å². The van der Waals surface area contributed by atoms with Gasteiger partial charge in [0.15, 0.2) is 0 Å². The fourth-order valence-corrected chi connectivity index (χ4v) is 2.20. The molecular weight excluding hydrogens is 257 g/mol. The molecule has 0 atom stereocenters.